The zero-order valence-electron chi connectivity index (χ0n) is 10.6. The number of anilines is 2. The molecule has 0 amide bonds. The highest BCUT2D eigenvalue weighted by Gasteiger charge is 2.14. The SMILES string of the molecule is CN(c1ccccc1)c1nc(Cl)nc2c1cnn2C. The Morgan fingerprint density at radius 1 is 1.16 bits per heavy atom. The van der Waals surface area contributed by atoms with Gasteiger partial charge in [0, 0.05) is 19.8 Å². The lowest BCUT2D eigenvalue weighted by molar-refractivity contribution is 0.785. The molecule has 0 bridgehead atoms. The second kappa shape index (κ2) is 4.51. The third-order valence-electron chi connectivity index (χ3n) is 3.01. The fourth-order valence-electron chi connectivity index (χ4n) is 2.01. The van der Waals surface area contributed by atoms with Crippen LogP contribution in [0.3, 0.4) is 0 Å². The Kier molecular flexibility index (Phi) is 2.83. The smallest absolute Gasteiger partial charge is 0.226 e. The monoisotopic (exact) mass is 273 g/mol. The first-order chi connectivity index (χ1) is 9.16. The maximum absolute atomic E-state index is 5.99. The number of hydrogen-bond acceptors (Lipinski definition) is 4. The van der Waals surface area contributed by atoms with E-state index in [4.69, 9.17) is 11.6 Å². The molecule has 0 aliphatic rings. The van der Waals surface area contributed by atoms with Crippen LogP contribution in [0.4, 0.5) is 11.5 Å². The molecule has 0 aliphatic carbocycles. The number of rotatable bonds is 2. The Balaban J connectivity index is 2.20. The van der Waals surface area contributed by atoms with Gasteiger partial charge >= 0.3 is 0 Å². The lowest BCUT2D eigenvalue weighted by Gasteiger charge is -2.18. The number of hydrogen-bond donors (Lipinski definition) is 0. The van der Waals surface area contributed by atoms with Gasteiger partial charge in [-0.3, -0.25) is 4.68 Å². The molecule has 0 saturated carbocycles. The standard InChI is InChI=1S/C13H12ClN5/c1-18(9-6-4-3-5-7-9)11-10-8-15-19(2)12(10)17-13(14)16-11/h3-8H,1-2H3. The van der Waals surface area contributed by atoms with E-state index in [9.17, 15) is 0 Å². The van der Waals surface area contributed by atoms with Gasteiger partial charge < -0.3 is 4.90 Å². The first-order valence-corrected chi connectivity index (χ1v) is 6.18. The third kappa shape index (κ3) is 2.02. The molecule has 0 saturated heterocycles. The highest BCUT2D eigenvalue weighted by molar-refractivity contribution is 6.28. The zero-order chi connectivity index (χ0) is 13.4. The van der Waals surface area contributed by atoms with Gasteiger partial charge in [-0.25, -0.2) is 0 Å². The summed E-state index contributed by atoms with van der Waals surface area (Å²) in [7, 11) is 3.78. The minimum atomic E-state index is 0.217. The van der Waals surface area contributed by atoms with Crippen molar-refractivity contribution >= 4 is 34.1 Å². The van der Waals surface area contributed by atoms with E-state index in [1.807, 2.05) is 49.3 Å². The molecule has 2 aromatic heterocycles. The van der Waals surface area contributed by atoms with Crippen LogP contribution in [0.5, 0.6) is 0 Å². The van der Waals surface area contributed by atoms with Crippen LogP contribution in [0, 0.1) is 0 Å². The van der Waals surface area contributed by atoms with Gasteiger partial charge in [0.15, 0.2) is 5.65 Å². The molecular weight excluding hydrogens is 262 g/mol. The van der Waals surface area contributed by atoms with Crippen molar-refractivity contribution in [1.29, 1.82) is 0 Å². The van der Waals surface area contributed by atoms with Gasteiger partial charge in [0.05, 0.1) is 11.6 Å². The molecule has 0 spiro atoms. The molecule has 3 aromatic rings. The van der Waals surface area contributed by atoms with Crippen molar-refractivity contribution in [3.8, 4) is 0 Å². The largest absolute Gasteiger partial charge is 0.329 e. The maximum atomic E-state index is 5.99. The molecule has 0 radical (unpaired) electrons. The van der Waals surface area contributed by atoms with Gasteiger partial charge in [-0.2, -0.15) is 15.1 Å². The first kappa shape index (κ1) is 11.9. The molecule has 6 heteroatoms. The summed E-state index contributed by atoms with van der Waals surface area (Å²) < 4.78 is 1.69. The van der Waals surface area contributed by atoms with Crippen molar-refractivity contribution in [3.63, 3.8) is 0 Å². The highest BCUT2D eigenvalue weighted by Crippen LogP contribution is 2.29. The van der Waals surface area contributed by atoms with Crippen molar-refractivity contribution in [2.45, 2.75) is 0 Å². The summed E-state index contributed by atoms with van der Waals surface area (Å²) in [4.78, 5) is 10.5. The Hall–Kier alpha value is -2.14. The number of nitrogens with zero attached hydrogens (tertiary/aromatic N) is 5. The molecule has 19 heavy (non-hydrogen) atoms. The van der Waals surface area contributed by atoms with E-state index in [1.165, 1.54) is 0 Å². The molecule has 0 N–H and O–H groups in total. The summed E-state index contributed by atoms with van der Waals surface area (Å²) in [6.45, 7) is 0. The molecule has 2 heterocycles. The topological polar surface area (TPSA) is 46.8 Å². The molecule has 0 atom stereocenters. The molecule has 0 unspecified atom stereocenters. The lowest BCUT2D eigenvalue weighted by atomic mass is 10.3. The lowest BCUT2D eigenvalue weighted by Crippen LogP contribution is -2.12. The van der Waals surface area contributed by atoms with Crippen LogP contribution in [-0.2, 0) is 7.05 Å². The summed E-state index contributed by atoms with van der Waals surface area (Å²) in [6.07, 6.45) is 1.75. The average molecular weight is 274 g/mol. The molecular formula is C13H12ClN5. The van der Waals surface area contributed by atoms with Gasteiger partial charge in [-0.05, 0) is 23.7 Å². The molecule has 1 aromatic carbocycles. The van der Waals surface area contributed by atoms with Crippen LogP contribution in [0.15, 0.2) is 36.5 Å². The molecule has 5 nitrogen and oxygen atoms in total. The van der Waals surface area contributed by atoms with E-state index in [0.29, 0.717) is 0 Å². The Bertz CT molecular complexity index is 722. The average Bonchev–Trinajstić information content (AvgIpc) is 2.80. The summed E-state index contributed by atoms with van der Waals surface area (Å²) in [5.74, 6) is 0.745. The second-order valence-electron chi connectivity index (χ2n) is 4.22. The van der Waals surface area contributed by atoms with Gasteiger partial charge in [0.25, 0.3) is 0 Å². The Morgan fingerprint density at radius 3 is 2.63 bits per heavy atom. The van der Waals surface area contributed by atoms with Gasteiger partial charge in [-0.1, -0.05) is 18.2 Å². The number of benzene rings is 1. The zero-order valence-corrected chi connectivity index (χ0v) is 11.3. The maximum Gasteiger partial charge on any atom is 0.226 e. The van der Waals surface area contributed by atoms with E-state index in [-0.39, 0.29) is 5.28 Å². The molecule has 3 rings (SSSR count). The number of para-hydroxylation sites is 1. The third-order valence-corrected chi connectivity index (χ3v) is 3.17. The highest BCUT2D eigenvalue weighted by atomic mass is 35.5. The predicted octanol–water partition coefficient (Wildman–Crippen LogP) is 2.78. The van der Waals surface area contributed by atoms with Crippen LogP contribution in [0.25, 0.3) is 11.0 Å². The minimum Gasteiger partial charge on any atom is -0.329 e. The van der Waals surface area contributed by atoms with Crippen molar-refractivity contribution in [2.75, 3.05) is 11.9 Å². The van der Waals surface area contributed by atoms with E-state index in [0.717, 1.165) is 22.5 Å². The van der Waals surface area contributed by atoms with E-state index in [2.05, 4.69) is 15.1 Å². The number of aromatic nitrogens is 4. The summed E-state index contributed by atoms with van der Waals surface area (Å²) in [6, 6.07) is 9.96. The number of aryl methyl sites for hydroxylation is 1. The van der Waals surface area contributed by atoms with E-state index >= 15 is 0 Å². The van der Waals surface area contributed by atoms with Crippen LogP contribution < -0.4 is 4.90 Å². The minimum absolute atomic E-state index is 0.217. The van der Waals surface area contributed by atoms with Crippen LogP contribution in [-0.4, -0.2) is 26.8 Å². The quantitative estimate of drug-likeness (QED) is 0.674. The van der Waals surface area contributed by atoms with Crippen molar-refractivity contribution in [2.24, 2.45) is 7.05 Å². The van der Waals surface area contributed by atoms with E-state index in [1.54, 1.807) is 10.9 Å². The van der Waals surface area contributed by atoms with Crippen LogP contribution in [0.2, 0.25) is 5.28 Å². The summed E-state index contributed by atoms with van der Waals surface area (Å²) in [5.41, 5.74) is 1.75. The van der Waals surface area contributed by atoms with Crippen LogP contribution >= 0.6 is 11.6 Å². The van der Waals surface area contributed by atoms with E-state index < -0.39 is 0 Å². The predicted molar refractivity (Wildman–Crippen MR) is 75.8 cm³/mol. The summed E-state index contributed by atoms with van der Waals surface area (Å²) in [5, 5.41) is 5.29. The van der Waals surface area contributed by atoms with Crippen LogP contribution in [0.1, 0.15) is 0 Å². The Labute approximate surface area is 115 Å². The van der Waals surface area contributed by atoms with Crippen molar-refractivity contribution in [3.05, 3.63) is 41.8 Å². The molecule has 0 aliphatic heterocycles. The Morgan fingerprint density at radius 2 is 1.89 bits per heavy atom. The summed E-state index contributed by atoms with van der Waals surface area (Å²) >= 11 is 5.99. The van der Waals surface area contributed by atoms with Crippen molar-refractivity contribution in [1.82, 2.24) is 19.7 Å². The fraction of sp³-hybridized carbons (Fsp3) is 0.154. The normalized spacial score (nSPS) is 10.9. The van der Waals surface area contributed by atoms with Gasteiger partial charge in [0.2, 0.25) is 5.28 Å². The van der Waals surface area contributed by atoms with Crippen molar-refractivity contribution < 1.29 is 0 Å². The van der Waals surface area contributed by atoms with Gasteiger partial charge in [0.1, 0.15) is 5.82 Å². The molecule has 0 fully saturated rings. The second-order valence-corrected chi connectivity index (χ2v) is 4.55. The first-order valence-electron chi connectivity index (χ1n) is 5.81. The number of halogens is 1. The number of fused-ring (bicyclic) bond motifs is 1. The molecule has 96 valence electrons. The van der Waals surface area contributed by atoms with Gasteiger partial charge in [-0.15, -0.1) is 0 Å². The fourth-order valence-corrected chi connectivity index (χ4v) is 2.17.